The van der Waals surface area contributed by atoms with Gasteiger partial charge in [-0.3, -0.25) is 0 Å². The molecule has 0 amide bonds. The Morgan fingerprint density at radius 3 is 2.11 bits per heavy atom. The Hall–Kier alpha value is -0.300. The first-order valence-corrected chi connectivity index (χ1v) is 3.75. The van der Waals surface area contributed by atoms with Gasteiger partial charge < -0.3 is 0 Å². The van der Waals surface area contributed by atoms with E-state index in [-0.39, 0.29) is 0 Å². The number of nitrogens with zero attached hydrogens (tertiary/aromatic N) is 1. The molecule has 1 fully saturated rings. The van der Waals surface area contributed by atoms with E-state index in [1.54, 1.807) is 0 Å². The zero-order chi connectivity index (χ0) is 6.10. The van der Waals surface area contributed by atoms with Crippen molar-refractivity contribution in [1.29, 1.82) is 0 Å². The van der Waals surface area contributed by atoms with Crippen molar-refractivity contribution in [1.82, 2.24) is 5.32 Å². The first-order valence-electron chi connectivity index (χ1n) is 3.75. The molecule has 1 heterocycles. The standard InChI is InChI=1S/C8H12N/c1-2-4-8-6-9-5-7(8)3-1/h1-2,7-8H,3-6H2/t7-,8+. The van der Waals surface area contributed by atoms with Crippen molar-refractivity contribution in [2.24, 2.45) is 11.8 Å². The monoisotopic (exact) mass is 122 g/mol. The third-order valence-electron chi connectivity index (χ3n) is 2.44. The van der Waals surface area contributed by atoms with Crippen LogP contribution >= 0.6 is 0 Å². The van der Waals surface area contributed by atoms with Gasteiger partial charge in [-0.25, -0.2) is 5.32 Å². The van der Waals surface area contributed by atoms with E-state index >= 15 is 0 Å². The van der Waals surface area contributed by atoms with Crippen LogP contribution in [0.1, 0.15) is 12.8 Å². The molecule has 1 heteroatoms. The Bertz CT molecular complexity index is 115. The first kappa shape index (κ1) is 5.48. The Morgan fingerprint density at radius 2 is 1.56 bits per heavy atom. The van der Waals surface area contributed by atoms with Crippen molar-refractivity contribution in [3.05, 3.63) is 12.2 Å². The molecule has 1 radical (unpaired) electrons. The van der Waals surface area contributed by atoms with Crippen LogP contribution < -0.4 is 5.32 Å². The molecule has 1 aliphatic carbocycles. The fourth-order valence-electron chi connectivity index (χ4n) is 1.78. The number of rotatable bonds is 0. The Kier molecular flexibility index (Phi) is 1.31. The minimum atomic E-state index is 0.912. The molecule has 0 aromatic heterocycles. The predicted octanol–water partition coefficient (Wildman–Crippen LogP) is 1.19. The van der Waals surface area contributed by atoms with Crippen LogP contribution in [0.3, 0.4) is 0 Å². The molecule has 0 bridgehead atoms. The van der Waals surface area contributed by atoms with Crippen LogP contribution in [0.15, 0.2) is 12.2 Å². The van der Waals surface area contributed by atoms with E-state index in [1.165, 1.54) is 12.8 Å². The number of hydrogen-bond acceptors (Lipinski definition) is 0. The van der Waals surface area contributed by atoms with Gasteiger partial charge in [-0.05, 0) is 24.7 Å². The normalized spacial score (nSPS) is 40.9. The van der Waals surface area contributed by atoms with Gasteiger partial charge in [0.25, 0.3) is 0 Å². The molecule has 1 aliphatic heterocycles. The molecular weight excluding hydrogens is 110 g/mol. The van der Waals surface area contributed by atoms with Gasteiger partial charge >= 0.3 is 0 Å². The van der Waals surface area contributed by atoms with Crippen molar-refractivity contribution in [2.45, 2.75) is 12.8 Å². The molecule has 0 unspecified atom stereocenters. The van der Waals surface area contributed by atoms with Gasteiger partial charge in [-0.15, -0.1) is 0 Å². The largest absolute Gasteiger partial charge is 0.241 e. The van der Waals surface area contributed by atoms with E-state index in [0.717, 1.165) is 24.9 Å². The Labute approximate surface area is 56.1 Å². The molecule has 49 valence electrons. The molecule has 0 aromatic rings. The average Bonchev–Trinajstić information content (AvgIpc) is 2.33. The molecule has 0 aromatic carbocycles. The maximum atomic E-state index is 4.39. The summed E-state index contributed by atoms with van der Waals surface area (Å²) in [6.45, 7) is 2.27. The van der Waals surface area contributed by atoms with Crippen LogP contribution in [0.4, 0.5) is 0 Å². The summed E-state index contributed by atoms with van der Waals surface area (Å²) in [5, 5.41) is 4.39. The highest BCUT2D eigenvalue weighted by molar-refractivity contribution is 4.98. The lowest BCUT2D eigenvalue weighted by molar-refractivity contribution is 0.411. The summed E-state index contributed by atoms with van der Waals surface area (Å²) < 4.78 is 0. The molecule has 2 aliphatic rings. The summed E-state index contributed by atoms with van der Waals surface area (Å²) in [5.74, 6) is 1.82. The number of allylic oxidation sites excluding steroid dienone is 2. The van der Waals surface area contributed by atoms with Gasteiger partial charge in [0.1, 0.15) is 0 Å². The van der Waals surface area contributed by atoms with E-state index in [1.807, 2.05) is 0 Å². The highest BCUT2D eigenvalue weighted by Gasteiger charge is 2.27. The highest BCUT2D eigenvalue weighted by Crippen LogP contribution is 2.28. The third kappa shape index (κ3) is 0.897. The quantitative estimate of drug-likeness (QED) is 0.428. The summed E-state index contributed by atoms with van der Waals surface area (Å²) in [6.07, 6.45) is 7.19. The Morgan fingerprint density at radius 1 is 1.00 bits per heavy atom. The van der Waals surface area contributed by atoms with Crippen LogP contribution in [0, 0.1) is 11.8 Å². The van der Waals surface area contributed by atoms with Gasteiger partial charge in [-0.1, -0.05) is 12.2 Å². The summed E-state index contributed by atoms with van der Waals surface area (Å²) >= 11 is 0. The molecule has 0 N–H and O–H groups in total. The molecule has 0 saturated carbocycles. The molecule has 9 heavy (non-hydrogen) atoms. The molecule has 2 rings (SSSR count). The van der Waals surface area contributed by atoms with Crippen LogP contribution in [-0.4, -0.2) is 13.1 Å². The van der Waals surface area contributed by atoms with Gasteiger partial charge in [-0.2, -0.15) is 0 Å². The third-order valence-corrected chi connectivity index (χ3v) is 2.44. The van der Waals surface area contributed by atoms with E-state index in [2.05, 4.69) is 17.5 Å². The lowest BCUT2D eigenvalue weighted by Crippen LogP contribution is -2.13. The Balaban J connectivity index is 2.07. The van der Waals surface area contributed by atoms with Crippen molar-refractivity contribution >= 4 is 0 Å². The number of fused-ring (bicyclic) bond motifs is 1. The van der Waals surface area contributed by atoms with Crippen molar-refractivity contribution in [3.8, 4) is 0 Å². The summed E-state index contributed by atoms with van der Waals surface area (Å²) in [7, 11) is 0. The summed E-state index contributed by atoms with van der Waals surface area (Å²) in [5.41, 5.74) is 0. The topological polar surface area (TPSA) is 14.1 Å². The van der Waals surface area contributed by atoms with Crippen LogP contribution in [-0.2, 0) is 0 Å². The van der Waals surface area contributed by atoms with Gasteiger partial charge in [0.15, 0.2) is 0 Å². The van der Waals surface area contributed by atoms with Gasteiger partial charge in [0.2, 0.25) is 0 Å². The van der Waals surface area contributed by atoms with Crippen molar-refractivity contribution in [2.75, 3.05) is 13.1 Å². The second kappa shape index (κ2) is 2.14. The highest BCUT2D eigenvalue weighted by atomic mass is 14.9. The van der Waals surface area contributed by atoms with Crippen molar-refractivity contribution in [3.63, 3.8) is 0 Å². The first-order chi connectivity index (χ1) is 4.47. The van der Waals surface area contributed by atoms with Gasteiger partial charge in [0, 0.05) is 13.1 Å². The van der Waals surface area contributed by atoms with E-state index in [0.29, 0.717) is 0 Å². The van der Waals surface area contributed by atoms with Gasteiger partial charge in [0.05, 0.1) is 0 Å². The molecule has 2 atom stereocenters. The summed E-state index contributed by atoms with van der Waals surface area (Å²) in [4.78, 5) is 0. The van der Waals surface area contributed by atoms with Crippen molar-refractivity contribution < 1.29 is 0 Å². The molecule has 0 spiro atoms. The fraction of sp³-hybridized carbons (Fsp3) is 0.750. The molecule has 1 saturated heterocycles. The average molecular weight is 122 g/mol. The van der Waals surface area contributed by atoms with Crippen LogP contribution in [0.2, 0.25) is 0 Å². The maximum absolute atomic E-state index is 4.39. The zero-order valence-corrected chi connectivity index (χ0v) is 5.59. The smallest absolute Gasteiger partial charge is 0.0168 e. The lowest BCUT2D eigenvalue weighted by atomic mass is 9.86. The SMILES string of the molecule is C1=CC[C@H]2C[N]C[C@H]2C1. The number of hydrogen-bond donors (Lipinski definition) is 0. The summed E-state index contributed by atoms with van der Waals surface area (Å²) in [6, 6.07) is 0. The minimum Gasteiger partial charge on any atom is -0.241 e. The van der Waals surface area contributed by atoms with E-state index in [4.69, 9.17) is 0 Å². The van der Waals surface area contributed by atoms with Crippen LogP contribution in [0.5, 0.6) is 0 Å². The van der Waals surface area contributed by atoms with Crippen LogP contribution in [0.25, 0.3) is 0 Å². The lowest BCUT2D eigenvalue weighted by Gasteiger charge is -2.18. The fourth-order valence-corrected chi connectivity index (χ4v) is 1.78. The molecular formula is C8H12N. The maximum Gasteiger partial charge on any atom is 0.0168 e. The van der Waals surface area contributed by atoms with E-state index < -0.39 is 0 Å². The molecule has 1 nitrogen and oxygen atoms in total. The predicted molar refractivity (Wildman–Crippen MR) is 37.2 cm³/mol. The second-order valence-corrected chi connectivity index (χ2v) is 3.05. The minimum absolute atomic E-state index is 0.912. The van der Waals surface area contributed by atoms with E-state index in [9.17, 15) is 0 Å². The second-order valence-electron chi connectivity index (χ2n) is 3.05. The zero-order valence-electron chi connectivity index (χ0n) is 5.59.